The zero-order valence-electron chi connectivity index (χ0n) is 21.5. The van der Waals surface area contributed by atoms with Gasteiger partial charge in [0.1, 0.15) is 28.7 Å². The first-order chi connectivity index (χ1) is 17.5. The van der Waals surface area contributed by atoms with Crippen LogP contribution in [0.1, 0.15) is 49.1 Å². The van der Waals surface area contributed by atoms with Gasteiger partial charge in [-0.05, 0) is 57.5 Å². The minimum absolute atomic E-state index is 0.00498. The van der Waals surface area contributed by atoms with Gasteiger partial charge in [0.2, 0.25) is 0 Å². The summed E-state index contributed by atoms with van der Waals surface area (Å²) in [7, 11) is 1.38. The third kappa shape index (κ3) is 5.35. The molecule has 192 valence electrons. The van der Waals surface area contributed by atoms with E-state index in [1.807, 2.05) is 70.2 Å². The molecule has 1 amide bonds. The molecule has 3 aromatic rings. The van der Waals surface area contributed by atoms with E-state index in [-0.39, 0.29) is 23.4 Å². The van der Waals surface area contributed by atoms with Gasteiger partial charge in [0.25, 0.3) is 11.7 Å². The maximum Gasteiger partial charge on any atom is 0.295 e. The Labute approximate surface area is 215 Å². The lowest BCUT2D eigenvalue weighted by molar-refractivity contribution is -0.140. The Hall–Kier alpha value is -4.13. The van der Waals surface area contributed by atoms with Gasteiger partial charge >= 0.3 is 0 Å². The molecular formula is C30H30FNO5. The Balaban J connectivity index is 1.89. The summed E-state index contributed by atoms with van der Waals surface area (Å²) in [5.74, 6) is -1.97. The van der Waals surface area contributed by atoms with E-state index in [9.17, 15) is 19.1 Å². The number of hydrogen-bond donors (Lipinski definition) is 1. The predicted octanol–water partition coefficient (Wildman–Crippen LogP) is 5.94. The first-order valence-electron chi connectivity index (χ1n) is 12.0. The number of carbonyl (C=O) groups is 2. The van der Waals surface area contributed by atoms with Gasteiger partial charge in [-0.1, -0.05) is 48.0 Å². The predicted molar refractivity (Wildman–Crippen MR) is 139 cm³/mol. The fraction of sp³-hybridized carbons (Fsp3) is 0.267. The number of ether oxygens (including phenoxy) is 2. The molecule has 1 aliphatic heterocycles. The van der Waals surface area contributed by atoms with Crippen molar-refractivity contribution in [1.82, 2.24) is 4.90 Å². The van der Waals surface area contributed by atoms with E-state index in [4.69, 9.17) is 9.47 Å². The maximum atomic E-state index is 14.2. The lowest BCUT2D eigenvalue weighted by atomic mass is 9.94. The van der Waals surface area contributed by atoms with E-state index in [2.05, 4.69) is 0 Å². The fourth-order valence-electron chi connectivity index (χ4n) is 4.49. The van der Waals surface area contributed by atoms with Crippen molar-refractivity contribution in [2.45, 2.75) is 45.9 Å². The molecule has 0 radical (unpaired) electrons. The first kappa shape index (κ1) is 25.9. The Kier molecular flexibility index (Phi) is 7.07. The lowest BCUT2D eigenvalue weighted by Gasteiger charge is -2.28. The highest BCUT2D eigenvalue weighted by Crippen LogP contribution is 2.42. The minimum Gasteiger partial charge on any atom is -0.507 e. The van der Waals surface area contributed by atoms with Crippen LogP contribution < -0.4 is 9.47 Å². The molecule has 0 aromatic heterocycles. The summed E-state index contributed by atoms with van der Waals surface area (Å²) in [4.78, 5) is 28.3. The molecule has 1 heterocycles. The minimum atomic E-state index is -0.907. The largest absolute Gasteiger partial charge is 0.507 e. The number of amides is 1. The van der Waals surface area contributed by atoms with Crippen molar-refractivity contribution in [2.75, 3.05) is 7.11 Å². The van der Waals surface area contributed by atoms with Gasteiger partial charge < -0.3 is 19.5 Å². The Morgan fingerprint density at radius 3 is 2.41 bits per heavy atom. The van der Waals surface area contributed by atoms with E-state index < -0.39 is 34.9 Å². The summed E-state index contributed by atoms with van der Waals surface area (Å²) in [6.07, 6.45) is 0. The Morgan fingerprint density at radius 1 is 1.00 bits per heavy atom. The zero-order valence-corrected chi connectivity index (χ0v) is 21.5. The number of hydrogen-bond acceptors (Lipinski definition) is 5. The van der Waals surface area contributed by atoms with Crippen LogP contribution in [0.4, 0.5) is 4.39 Å². The number of ketones is 1. The van der Waals surface area contributed by atoms with Crippen molar-refractivity contribution in [3.05, 3.63) is 100 Å². The summed E-state index contributed by atoms with van der Waals surface area (Å²) >= 11 is 0. The highest BCUT2D eigenvalue weighted by molar-refractivity contribution is 6.46. The smallest absolute Gasteiger partial charge is 0.295 e. The maximum absolute atomic E-state index is 14.2. The molecule has 1 fully saturated rings. The van der Waals surface area contributed by atoms with Gasteiger partial charge in [-0.15, -0.1) is 0 Å². The van der Waals surface area contributed by atoms with Crippen LogP contribution >= 0.6 is 0 Å². The van der Waals surface area contributed by atoms with Crippen molar-refractivity contribution in [3.63, 3.8) is 0 Å². The number of nitrogens with zero attached hydrogens (tertiary/aromatic N) is 1. The summed E-state index contributed by atoms with van der Waals surface area (Å²) in [6.45, 7) is 7.74. The molecular weight excluding hydrogens is 473 g/mol. The summed E-state index contributed by atoms with van der Waals surface area (Å²) in [6, 6.07) is 17.4. The molecule has 0 bridgehead atoms. The normalized spacial score (nSPS) is 17.2. The zero-order chi connectivity index (χ0) is 26.9. The lowest BCUT2D eigenvalue weighted by Crippen LogP contribution is -2.30. The molecule has 7 heteroatoms. The second-order valence-corrected chi connectivity index (χ2v) is 10.0. The number of para-hydroxylation sites is 1. The van der Waals surface area contributed by atoms with E-state index in [0.29, 0.717) is 16.9 Å². The van der Waals surface area contributed by atoms with Crippen LogP contribution in [0.5, 0.6) is 11.5 Å². The van der Waals surface area contributed by atoms with Crippen LogP contribution in [0.25, 0.3) is 5.76 Å². The van der Waals surface area contributed by atoms with Gasteiger partial charge in [-0.2, -0.15) is 0 Å². The number of methoxy groups -OCH3 is 1. The molecule has 1 atom stereocenters. The Bertz CT molecular complexity index is 1390. The van der Waals surface area contributed by atoms with Crippen LogP contribution in [0.15, 0.2) is 72.3 Å². The van der Waals surface area contributed by atoms with Gasteiger partial charge in [-0.3, -0.25) is 9.59 Å². The number of Topliss-reactive ketones (excluding diaryl/α,β-unsaturated/α-hetero) is 1. The van der Waals surface area contributed by atoms with E-state index in [1.54, 1.807) is 6.07 Å². The van der Waals surface area contributed by atoms with Gasteiger partial charge in [-0.25, -0.2) is 4.39 Å². The van der Waals surface area contributed by atoms with Crippen molar-refractivity contribution in [3.8, 4) is 11.5 Å². The summed E-state index contributed by atoms with van der Waals surface area (Å²) < 4.78 is 25.6. The van der Waals surface area contributed by atoms with E-state index >= 15 is 0 Å². The van der Waals surface area contributed by atoms with E-state index in [1.165, 1.54) is 24.1 Å². The van der Waals surface area contributed by atoms with Gasteiger partial charge in [0.05, 0.1) is 30.8 Å². The fourth-order valence-corrected chi connectivity index (χ4v) is 4.49. The summed E-state index contributed by atoms with van der Waals surface area (Å²) in [5, 5.41) is 11.3. The average Bonchev–Trinajstić information content (AvgIpc) is 3.09. The average molecular weight is 504 g/mol. The number of aryl methyl sites for hydroxylation is 1. The molecule has 4 rings (SSSR count). The second kappa shape index (κ2) is 10.1. The summed E-state index contributed by atoms with van der Waals surface area (Å²) in [5.41, 5.74) is 1.66. The van der Waals surface area contributed by atoms with Crippen LogP contribution in [0.3, 0.4) is 0 Å². The molecule has 6 nitrogen and oxygen atoms in total. The van der Waals surface area contributed by atoms with Crippen LogP contribution in [-0.2, 0) is 16.1 Å². The highest BCUT2D eigenvalue weighted by atomic mass is 19.1. The highest BCUT2D eigenvalue weighted by Gasteiger charge is 2.46. The van der Waals surface area contributed by atoms with Crippen LogP contribution in [-0.4, -0.2) is 34.4 Å². The molecule has 1 saturated heterocycles. The van der Waals surface area contributed by atoms with Crippen molar-refractivity contribution in [2.24, 2.45) is 0 Å². The number of carbonyl (C=O) groups excluding carboxylic acids is 2. The van der Waals surface area contributed by atoms with Crippen molar-refractivity contribution < 1.29 is 28.6 Å². The molecule has 37 heavy (non-hydrogen) atoms. The topological polar surface area (TPSA) is 76.1 Å². The third-order valence-corrected chi connectivity index (χ3v) is 6.04. The molecule has 1 aliphatic rings. The monoisotopic (exact) mass is 503 g/mol. The van der Waals surface area contributed by atoms with E-state index in [0.717, 1.165) is 11.6 Å². The molecule has 1 unspecified atom stereocenters. The number of likely N-dealkylation sites (tertiary alicyclic amines) is 1. The number of rotatable bonds is 6. The number of benzene rings is 3. The van der Waals surface area contributed by atoms with Crippen molar-refractivity contribution in [1.29, 1.82) is 0 Å². The SMILES string of the molecule is COc1ccc(F)cc1/C(O)=C1\C(=O)C(=O)N(Cc2ccccc2OC(C)(C)C)C1c1cccc(C)c1. The number of halogens is 1. The molecule has 0 spiro atoms. The first-order valence-corrected chi connectivity index (χ1v) is 12.0. The molecule has 0 saturated carbocycles. The molecule has 0 aliphatic carbocycles. The van der Waals surface area contributed by atoms with Gasteiger partial charge in [0, 0.05) is 5.56 Å². The van der Waals surface area contributed by atoms with Crippen LogP contribution in [0.2, 0.25) is 0 Å². The quantitative estimate of drug-likeness (QED) is 0.256. The van der Waals surface area contributed by atoms with Crippen molar-refractivity contribution >= 4 is 17.4 Å². The second-order valence-electron chi connectivity index (χ2n) is 10.0. The van der Waals surface area contributed by atoms with Gasteiger partial charge in [0.15, 0.2) is 0 Å². The standard InChI is InChI=1S/C30H30FNO5/c1-18-9-8-11-19(15-18)26-25(27(33)22-16-21(31)13-14-24(22)36-5)28(34)29(35)32(26)17-20-10-6-7-12-23(20)37-30(2,3)4/h6-16,26,33H,17H2,1-5H3/b27-25+. The number of aliphatic hydroxyl groups excluding tert-OH is 1. The molecule has 1 N–H and O–H groups in total. The van der Waals surface area contributed by atoms with Crippen LogP contribution in [0, 0.1) is 12.7 Å². The molecule has 3 aromatic carbocycles. The third-order valence-electron chi connectivity index (χ3n) is 6.04. The number of aliphatic hydroxyl groups is 1. The Morgan fingerprint density at radius 2 is 1.73 bits per heavy atom.